The molecule has 0 aliphatic carbocycles. The number of aliphatic hydroxyl groups excluding tert-OH is 6. The van der Waals surface area contributed by atoms with Gasteiger partial charge in [-0.25, -0.2) is 9.21 Å². The lowest BCUT2D eigenvalue weighted by Gasteiger charge is -2.40. The number of thiocarbonyl (C=S) groups is 1. The molecule has 21 nitrogen and oxygen atoms in total. The normalized spacial score (nSPS) is 26.5. The highest BCUT2D eigenvalue weighted by Gasteiger charge is 2.48. The number of benzene rings is 3. The molecule has 1 aromatic heterocycles. The van der Waals surface area contributed by atoms with Crippen LogP contribution in [0.3, 0.4) is 0 Å². The second-order valence-corrected chi connectivity index (χ2v) is 14.2. The van der Waals surface area contributed by atoms with Crippen molar-refractivity contribution in [3.63, 3.8) is 0 Å². The molecule has 12 N–H and O–H groups in total. The summed E-state index contributed by atoms with van der Waals surface area (Å²) in [5.41, 5.74) is 0.137. The number of esters is 1. The Morgan fingerprint density at radius 1 is 0.689 bits per heavy atom. The first-order chi connectivity index (χ1) is 28.9. The van der Waals surface area contributed by atoms with Gasteiger partial charge < -0.3 is 89.7 Å². The van der Waals surface area contributed by atoms with E-state index >= 15 is 0 Å². The van der Waals surface area contributed by atoms with Gasteiger partial charge in [-0.05, 0) is 36.0 Å². The predicted octanol–water partition coefficient (Wildman–Crippen LogP) is 0.357. The Balaban J connectivity index is 1.31. The molecule has 22 heteroatoms. The molecule has 326 valence electrons. The molecule has 6 rings (SSSR count). The number of hydrogen-bond acceptors (Lipinski definition) is 20. The number of carbonyl (C=O) groups is 2. The van der Waals surface area contributed by atoms with Gasteiger partial charge in [0.2, 0.25) is 18.3 Å². The van der Waals surface area contributed by atoms with Crippen molar-refractivity contribution in [2.75, 3.05) is 13.2 Å². The lowest BCUT2D eigenvalue weighted by molar-refractivity contribution is -0.278. The number of phenolic OH excluding ortho intramolecular Hbond substituents is 5. The number of phenols is 5. The molecule has 4 aromatic rings. The average molecular weight is 876 g/mol. The van der Waals surface area contributed by atoms with E-state index < -0.39 is 122 Å². The van der Waals surface area contributed by atoms with Crippen LogP contribution in [0.4, 0.5) is 0 Å². The maximum Gasteiger partial charge on any atom is 0.402 e. The number of aliphatic carboxylic acids is 1. The summed E-state index contributed by atoms with van der Waals surface area (Å²) in [6.07, 6.45) is -16.3. The molecular weight excluding hydrogens is 836 g/mol. The Morgan fingerprint density at radius 3 is 1.82 bits per heavy atom. The Hall–Kier alpha value is -6.08. The zero-order valence-electron chi connectivity index (χ0n) is 31.2. The van der Waals surface area contributed by atoms with Crippen molar-refractivity contribution in [1.29, 1.82) is 0 Å². The molecule has 2 fully saturated rings. The topological polar surface area (TPSA) is 344 Å². The number of fused-ring (bicyclic) bond motifs is 1. The molecular formula is C39H39O21S+. The molecule has 0 radical (unpaired) electrons. The first-order valence-electron chi connectivity index (χ1n) is 18.0. The SMILES string of the molecule is O=C(O)CC(=S)OC[C@H]1O[C@@H](Oc2cc(O)cc3[o+]c(-c4cc(O)c(O)c(O)c4)c(O[C@@H]4O[C@H](COC(=O)C=Cc5ccc(O)cc5)[C@@H](O)[C@H](O)[C@H]4O)cc23)[C@H](O)[C@@H](O)[C@@H]1O. The summed E-state index contributed by atoms with van der Waals surface area (Å²) >= 11 is 4.85. The van der Waals surface area contributed by atoms with Crippen molar-refractivity contribution in [2.45, 2.75) is 67.8 Å². The molecule has 0 bridgehead atoms. The maximum absolute atomic E-state index is 12.5. The Labute approximate surface area is 348 Å². The molecule has 61 heavy (non-hydrogen) atoms. The van der Waals surface area contributed by atoms with Gasteiger partial charge in [-0.15, -0.1) is 0 Å². The minimum atomic E-state index is -2.00. The third-order valence-electron chi connectivity index (χ3n) is 9.35. The third kappa shape index (κ3) is 10.3. The number of carboxylic acid groups (broad SMARTS) is 1. The fourth-order valence-corrected chi connectivity index (χ4v) is 6.35. The van der Waals surface area contributed by atoms with Crippen molar-refractivity contribution in [3.05, 3.63) is 66.2 Å². The zero-order valence-corrected chi connectivity index (χ0v) is 32.0. The van der Waals surface area contributed by atoms with E-state index in [9.17, 15) is 65.8 Å². The largest absolute Gasteiger partial charge is 0.508 e. The highest BCUT2D eigenvalue weighted by Crippen LogP contribution is 2.45. The predicted molar refractivity (Wildman–Crippen MR) is 206 cm³/mol. The monoisotopic (exact) mass is 875 g/mol. The van der Waals surface area contributed by atoms with Crippen LogP contribution >= 0.6 is 12.2 Å². The Bertz CT molecular complexity index is 2260. The molecule has 0 unspecified atom stereocenters. The molecule has 0 amide bonds. The van der Waals surface area contributed by atoms with E-state index in [-0.39, 0.29) is 38.8 Å². The number of aliphatic hydroxyl groups is 6. The summed E-state index contributed by atoms with van der Waals surface area (Å²) in [5.74, 6) is -6.38. The van der Waals surface area contributed by atoms with E-state index in [4.69, 9.17) is 50.2 Å². The average Bonchev–Trinajstić information content (AvgIpc) is 3.21. The van der Waals surface area contributed by atoms with Gasteiger partial charge in [0.25, 0.3) is 0 Å². The minimum Gasteiger partial charge on any atom is -0.508 e. The first kappa shape index (κ1) is 44.5. The lowest BCUT2D eigenvalue weighted by atomic mass is 9.99. The van der Waals surface area contributed by atoms with Gasteiger partial charge in [0.1, 0.15) is 91.1 Å². The van der Waals surface area contributed by atoms with Crippen molar-refractivity contribution in [3.8, 4) is 51.6 Å². The van der Waals surface area contributed by atoms with Crippen LogP contribution in [0.25, 0.3) is 28.4 Å². The van der Waals surface area contributed by atoms with E-state index in [0.29, 0.717) is 5.56 Å². The highest BCUT2D eigenvalue weighted by atomic mass is 32.1. The Kier molecular flexibility index (Phi) is 13.6. The van der Waals surface area contributed by atoms with Crippen LogP contribution in [0.5, 0.6) is 40.2 Å². The maximum atomic E-state index is 12.5. The van der Waals surface area contributed by atoms with Crippen LogP contribution in [-0.4, -0.2) is 153 Å². The van der Waals surface area contributed by atoms with Crippen LogP contribution in [0, 0.1) is 0 Å². The number of carbonyl (C=O) groups excluding carboxylic acids is 1. The standard InChI is InChI=1S/C39H38O21S/c40-17-4-1-15(2-5-17)3-6-28(46)54-13-25-31(48)33(50)36(53)39(59-25)58-24-11-19-22(56-37(24)16-7-20(42)30(47)21(43)8-16)9-18(41)10-23(19)57-38-35(52)34(51)32(49)26(60-38)14-55-29(61)12-27(44)45/h1-11,25-26,31-36,38-39,48-53H,12-14H2,(H5-,40,41,42,43,44,45,46,47)/p+1/t25-,26-,31-,32-,33+,34+,35-,36-,38-,39-/m1/s1. The molecule has 2 aliphatic heterocycles. The lowest BCUT2D eigenvalue weighted by Crippen LogP contribution is -2.60. The first-order valence-corrected chi connectivity index (χ1v) is 18.4. The van der Waals surface area contributed by atoms with Gasteiger partial charge in [-0.1, -0.05) is 12.1 Å². The smallest absolute Gasteiger partial charge is 0.402 e. The van der Waals surface area contributed by atoms with Gasteiger partial charge in [0.05, 0.1) is 11.6 Å². The van der Waals surface area contributed by atoms with E-state index in [2.05, 4.69) is 0 Å². The quantitative estimate of drug-likeness (QED) is 0.0283. The second-order valence-electron chi connectivity index (χ2n) is 13.7. The summed E-state index contributed by atoms with van der Waals surface area (Å²) < 4.78 is 39.7. The number of ether oxygens (including phenoxy) is 6. The summed E-state index contributed by atoms with van der Waals surface area (Å²) in [6.45, 7) is -1.25. The van der Waals surface area contributed by atoms with Crippen LogP contribution < -0.4 is 9.47 Å². The summed E-state index contributed by atoms with van der Waals surface area (Å²) in [4.78, 5) is 23.5. The van der Waals surface area contributed by atoms with Crippen LogP contribution in [0.1, 0.15) is 12.0 Å². The molecule has 3 heterocycles. The van der Waals surface area contributed by atoms with Gasteiger partial charge in [-0.2, -0.15) is 0 Å². The second kappa shape index (κ2) is 18.7. The van der Waals surface area contributed by atoms with Gasteiger partial charge in [-0.3, -0.25) is 4.79 Å². The van der Waals surface area contributed by atoms with Gasteiger partial charge >= 0.3 is 23.3 Å². The molecule has 2 saturated heterocycles. The fraction of sp³-hybridized carbons (Fsp3) is 0.333. The third-order valence-corrected chi connectivity index (χ3v) is 9.62. The van der Waals surface area contributed by atoms with E-state index in [0.717, 1.165) is 36.4 Å². The van der Waals surface area contributed by atoms with Gasteiger partial charge in [0, 0.05) is 30.3 Å². The Morgan fingerprint density at radius 2 is 1.25 bits per heavy atom. The molecule has 2 aliphatic rings. The van der Waals surface area contributed by atoms with E-state index in [1.165, 1.54) is 30.3 Å². The fourth-order valence-electron chi connectivity index (χ4n) is 6.16. The number of aromatic hydroxyl groups is 5. The van der Waals surface area contributed by atoms with Crippen LogP contribution in [-0.2, 0) is 28.5 Å². The highest BCUT2D eigenvalue weighted by molar-refractivity contribution is 7.80. The van der Waals surface area contributed by atoms with Crippen molar-refractivity contribution in [1.82, 2.24) is 0 Å². The number of rotatable bonds is 13. The number of carboxylic acids is 1. The van der Waals surface area contributed by atoms with E-state index in [1.54, 1.807) is 0 Å². The summed E-state index contributed by atoms with van der Waals surface area (Å²) in [5, 5.41) is 124. The molecule has 0 spiro atoms. The molecule has 10 atom stereocenters. The van der Waals surface area contributed by atoms with Crippen LogP contribution in [0.15, 0.2) is 65.1 Å². The summed E-state index contributed by atoms with van der Waals surface area (Å²) in [6, 6.07) is 11.0. The van der Waals surface area contributed by atoms with Gasteiger partial charge in [0.15, 0.2) is 22.3 Å². The number of hydrogen-bond donors (Lipinski definition) is 12. The van der Waals surface area contributed by atoms with Crippen molar-refractivity contribution >= 4 is 46.3 Å². The molecule has 0 saturated carbocycles. The van der Waals surface area contributed by atoms with Crippen LogP contribution in [0.2, 0.25) is 0 Å². The summed E-state index contributed by atoms with van der Waals surface area (Å²) in [7, 11) is 0. The zero-order chi connectivity index (χ0) is 44.3. The molecule has 3 aromatic carbocycles. The van der Waals surface area contributed by atoms with Crippen molar-refractivity contribution in [2.24, 2.45) is 0 Å². The minimum absolute atomic E-state index is 0.00767. The van der Waals surface area contributed by atoms with Crippen molar-refractivity contribution < 1.29 is 104 Å². The van der Waals surface area contributed by atoms with E-state index in [1.807, 2.05) is 0 Å².